The zero-order chi connectivity index (χ0) is 37.0. The number of aryl methyl sites for hydroxylation is 1. The van der Waals surface area contributed by atoms with Gasteiger partial charge in [0.25, 0.3) is 0 Å². The first-order chi connectivity index (χ1) is 27.1. The summed E-state index contributed by atoms with van der Waals surface area (Å²) in [6, 6.07) is 63.5. The maximum Gasteiger partial charge on any atom is 0.234 e. The Hall–Kier alpha value is -7.66. The highest BCUT2D eigenvalue weighted by atomic mass is 15.1. The quantitative estimate of drug-likeness (QED) is 0.165. The Morgan fingerprint density at radius 1 is 0.473 bits per heavy atom. The first-order valence-electron chi connectivity index (χ1n) is 18.4. The molecule has 0 bridgehead atoms. The molecule has 2 aromatic heterocycles. The average Bonchev–Trinajstić information content (AvgIpc) is 3.75. The summed E-state index contributed by atoms with van der Waals surface area (Å²) in [4.78, 5) is 4.42. The van der Waals surface area contributed by atoms with Crippen LogP contribution in [-0.2, 0) is 0 Å². The SMILES string of the molecule is [C-]#[N+]c1c(-n2c3ccccc3c3cc(-c4ccc(C)cc4)ccc32)ccc(-c2cccc(C#N)c2)c1-n1c2ccccc2c2cc(-c3ccccc3)ccc21. The summed E-state index contributed by atoms with van der Waals surface area (Å²) in [7, 11) is 0. The summed E-state index contributed by atoms with van der Waals surface area (Å²) in [5.41, 5.74) is 14.3. The lowest BCUT2D eigenvalue weighted by molar-refractivity contribution is 1.15. The second kappa shape index (κ2) is 12.8. The fourth-order valence-corrected chi connectivity index (χ4v) is 8.26. The third kappa shape index (κ3) is 5.12. The third-order valence-electron chi connectivity index (χ3n) is 10.8. The number of benzene rings is 8. The molecule has 10 aromatic rings. The van der Waals surface area contributed by atoms with Crippen LogP contribution in [0.25, 0.3) is 93.2 Å². The van der Waals surface area contributed by atoms with E-state index in [1.54, 1.807) is 0 Å². The van der Waals surface area contributed by atoms with Crippen LogP contribution in [0, 0.1) is 24.8 Å². The van der Waals surface area contributed by atoms with Crippen LogP contribution in [0.1, 0.15) is 11.1 Å². The van der Waals surface area contributed by atoms with E-state index in [1.165, 1.54) is 11.1 Å². The van der Waals surface area contributed by atoms with Gasteiger partial charge in [-0.25, -0.2) is 4.85 Å². The predicted octanol–water partition coefficient (Wildman–Crippen LogP) is 13.6. The molecule has 4 nitrogen and oxygen atoms in total. The van der Waals surface area contributed by atoms with Crippen molar-refractivity contribution in [2.75, 3.05) is 0 Å². The van der Waals surface area contributed by atoms with E-state index >= 15 is 0 Å². The Morgan fingerprint density at radius 3 is 1.67 bits per heavy atom. The minimum Gasteiger partial charge on any atom is -0.319 e. The molecule has 256 valence electrons. The minimum atomic E-state index is 0.528. The van der Waals surface area contributed by atoms with E-state index in [0.717, 1.165) is 82.8 Å². The van der Waals surface area contributed by atoms with Gasteiger partial charge in [0.05, 0.1) is 51.6 Å². The number of hydrogen-bond acceptors (Lipinski definition) is 1. The molecule has 10 rings (SSSR count). The topological polar surface area (TPSA) is 38.0 Å². The van der Waals surface area contributed by atoms with Crippen LogP contribution < -0.4 is 0 Å². The molecular formula is C51H32N4. The second-order valence-electron chi connectivity index (χ2n) is 14.0. The van der Waals surface area contributed by atoms with E-state index in [-0.39, 0.29) is 0 Å². The van der Waals surface area contributed by atoms with Gasteiger partial charge in [-0.2, -0.15) is 5.26 Å². The molecule has 4 heteroatoms. The first kappa shape index (κ1) is 32.0. The van der Waals surface area contributed by atoms with Crippen molar-refractivity contribution >= 4 is 49.3 Å². The van der Waals surface area contributed by atoms with Crippen LogP contribution in [0.15, 0.2) is 176 Å². The van der Waals surface area contributed by atoms with Gasteiger partial charge in [0.15, 0.2) is 0 Å². The normalized spacial score (nSPS) is 11.3. The fraction of sp³-hybridized carbons (Fsp3) is 0.0196. The lowest BCUT2D eigenvalue weighted by Crippen LogP contribution is -2.02. The third-order valence-corrected chi connectivity index (χ3v) is 10.8. The van der Waals surface area contributed by atoms with Crippen LogP contribution >= 0.6 is 0 Å². The average molecular weight is 701 g/mol. The van der Waals surface area contributed by atoms with Crippen molar-refractivity contribution in [1.29, 1.82) is 5.26 Å². The smallest absolute Gasteiger partial charge is 0.234 e. The predicted molar refractivity (Wildman–Crippen MR) is 227 cm³/mol. The van der Waals surface area contributed by atoms with E-state index in [2.05, 4.69) is 173 Å². The molecule has 0 fully saturated rings. The van der Waals surface area contributed by atoms with Gasteiger partial charge in [0, 0.05) is 21.5 Å². The largest absolute Gasteiger partial charge is 0.319 e. The highest BCUT2D eigenvalue weighted by Gasteiger charge is 2.24. The molecule has 0 spiro atoms. The number of hydrogen-bond donors (Lipinski definition) is 0. The molecule has 0 amide bonds. The summed E-state index contributed by atoms with van der Waals surface area (Å²) < 4.78 is 4.51. The second-order valence-corrected chi connectivity index (χ2v) is 14.0. The summed E-state index contributed by atoms with van der Waals surface area (Å²) in [5.74, 6) is 0. The molecule has 0 saturated carbocycles. The zero-order valence-corrected chi connectivity index (χ0v) is 30.0. The number of nitriles is 1. The van der Waals surface area contributed by atoms with E-state index in [9.17, 15) is 5.26 Å². The number of nitrogens with zero attached hydrogens (tertiary/aromatic N) is 4. The molecule has 0 atom stereocenters. The van der Waals surface area contributed by atoms with Crippen molar-refractivity contribution in [1.82, 2.24) is 9.13 Å². The lowest BCUT2D eigenvalue weighted by Gasteiger charge is -2.20. The van der Waals surface area contributed by atoms with Crippen molar-refractivity contribution in [3.05, 3.63) is 198 Å². The molecule has 0 aliphatic heterocycles. The molecular weight excluding hydrogens is 669 g/mol. The van der Waals surface area contributed by atoms with Gasteiger partial charge in [-0.05, 0) is 94.9 Å². The van der Waals surface area contributed by atoms with E-state index in [4.69, 9.17) is 6.57 Å². The summed E-state index contributed by atoms with van der Waals surface area (Å²) >= 11 is 0. The van der Waals surface area contributed by atoms with Crippen molar-refractivity contribution < 1.29 is 0 Å². The maximum atomic E-state index is 9.93. The molecule has 0 aliphatic carbocycles. The molecule has 0 aliphatic rings. The van der Waals surface area contributed by atoms with Crippen molar-refractivity contribution in [3.8, 4) is 50.8 Å². The maximum absolute atomic E-state index is 9.93. The van der Waals surface area contributed by atoms with Crippen LogP contribution in [0.4, 0.5) is 5.69 Å². The van der Waals surface area contributed by atoms with Gasteiger partial charge < -0.3 is 9.13 Å². The Bertz CT molecular complexity index is 3220. The Balaban J connectivity index is 1.30. The van der Waals surface area contributed by atoms with E-state index in [0.29, 0.717) is 11.3 Å². The van der Waals surface area contributed by atoms with Gasteiger partial charge in [-0.15, -0.1) is 0 Å². The Labute approximate surface area is 318 Å². The summed E-state index contributed by atoms with van der Waals surface area (Å²) in [6.07, 6.45) is 0. The summed E-state index contributed by atoms with van der Waals surface area (Å²) in [6.45, 7) is 11.1. The van der Waals surface area contributed by atoms with Gasteiger partial charge in [0.1, 0.15) is 0 Å². The van der Waals surface area contributed by atoms with Crippen LogP contribution in [-0.4, -0.2) is 9.13 Å². The molecule has 0 saturated heterocycles. The van der Waals surface area contributed by atoms with Crippen LogP contribution in [0.5, 0.6) is 0 Å². The zero-order valence-electron chi connectivity index (χ0n) is 30.0. The molecule has 2 heterocycles. The fourth-order valence-electron chi connectivity index (χ4n) is 8.26. The lowest BCUT2D eigenvalue weighted by atomic mass is 9.99. The molecule has 0 N–H and O–H groups in total. The van der Waals surface area contributed by atoms with E-state index in [1.807, 2.05) is 30.3 Å². The Morgan fingerprint density at radius 2 is 1.02 bits per heavy atom. The number of para-hydroxylation sites is 2. The molecule has 0 radical (unpaired) electrons. The van der Waals surface area contributed by atoms with Crippen molar-refractivity contribution in [2.45, 2.75) is 6.92 Å². The molecule has 8 aromatic carbocycles. The minimum absolute atomic E-state index is 0.528. The van der Waals surface area contributed by atoms with Crippen molar-refractivity contribution in [3.63, 3.8) is 0 Å². The number of fused-ring (bicyclic) bond motifs is 6. The first-order valence-corrected chi connectivity index (χ1v) is 18.4. The van der Waals surface area contributed by atoms with Crippen LogP contribution in [0.3, 0.4) is 0 Å². The van der Waals surface area contributed by atoms with Gasteiger partial charge in [-0.3, -0.25) is 0 Å². The highest BCUT2D eigenvalue weighted by molar-refractivity contribution is 6.13. The van der Waals surface area contributed by atoms with E-state index < -0.39 is 0 Å². The number of aromatic nitrogens is 2. The van der Waals surface area contributed by atoms with Crippen LogP contribution in [0.2, 0.25) is 0 Å². The van der Waals surface area contributed by atoms with Gasteiger partial charge in [0.2, 0.25) is 5.69 Å². The standard InChI is InChI=1S/C51H32N4/c1-33-19-21-36(22-20-33)38-23-26-47-43(31-38)41-15-6-8-17-45(41)54(47)49-28-25-40(39-14-10-11-34(29-39)32-52)51(50(49)53-2)55-46-18-9-7-16-42(46)44-30-37(24-27-48(44)55)35-12-4-3-5-13-35/h3-31H,1H3. The molecule has 55 heavy (non-hydrogen) atoms. The molecule has 0 unspecified atom stereocenters. The monoisotopic (exact) mass is 700 g/mol. The number of rotatable bonds is 5. The summed E-state index contributed by atoms with van der Waals surface area (Å²) in [5, 5.41) is 14.4. The Kier molecular flexibility index (Phi) is 7.44. The van der Waals surface area contributed by atoms with Gasteiger partial charge >= 0.3 is 0 Å². The van der Waals surface area contributed by atoms with Gasteiger partial charge in [-0.1, -0.05) is 127 Å². The van der Waals surface area contributed by atoms with Crippen molar-refractivity contribution in [2.24, 2.45) is 0 Å². The highest BCUT2D eigenvalue weighted by Crippen LogP contribution is 2.46.